The Balaban J connectivity index is 1.78. The molecule has 0 unspecified atom stereocenters. The number of carbonyl (C=O) groups excluding carboxylic acids is 5. The predicted octanol–water partition coefficient (Wildman–Crippen LogP) is 3.25. The number of carbonyl (C=O) groups is 5. The second kappa shape index (κ2) is 14.1. The van der Waals surface area contributed by atoms with E-state index in [1.165, 1.54) is 11.8 Å². The van der Waals surface area contributed by atoms with Gasteiger partial charge in [-0.05, 0) is 23.8 Å². The maximum absolute atomic E-state index is 13.7. The maximum Gasteiger partial charge on any atom is 0.303 e. The summed E-state index contributed by atoms with van der Waals surface area (Å²) in [5.41, 5.74) is 0.250. The Morgan fingerprint density at radius 3 is 1.95 bits per heavy atom. The Hall–Kier alpha value is -4.49. The van der Waals surface area contributed by atoms with E-state index in [1.54, 1.807) is 36.4 Å². The fourth-order valence-corrected chi connectivity index (χ4v) is 5.67. The topological polar surface area (TPSA) is 147 Å². The third kappa shape index (κ3) is 8.08. The van der Waals surface area contributed by atoms with Gasteiger partial charge in [0.2, 0.25) is 0 Å². The Kier molecular flexibility index (Phi) is 10.3. The number of hydrogen-bond acceptors (Lipinski definition) is 12. The molecule has 1 saturated heterocycles. The van der Waals surface area contributed by atoms with Crippen LogP contribution in [0.4, 0.5) is 5.69 Å². The molecule has 0 aliphatic carbocycles. The third-order valence-corrected chi connectivity index (χ3v) is 7.21. The van der Waals surface area contributed by atoms with E-state index in [0.717, 1.165) is 38.1 Å². The molecule has 4 rings (SSSR count). The molecular weight excluding hydrogens is 580 g/mol. The highest BCUT2D eigenvalue weighted by Gasteiger charge is 2.53. The molecule has 2 aliphatic rings. The summed E-state index contributed by atoms with van der Waals surface area (Å²) in [4.78, 5) is 67.7. The highest BCUT2D eigenvalue weighted by atomic mass is 32.2. The number of aliphatic imine (C=N–C) groups is 1. The Morgan fingerprint density at radius 2 is 1.37 bits per heavy atom. The van der Waals surface area contributed by atoms with Crippen LogP contribution in [0.1, 0.15) is 33.3 Å². The molecule has 0 radical (unpaired) electrons. The fourth-order valence-electron chi connectivity index (χ4n) is 4.47. The van der Waals surface area contributed by atoms with Gasteiger partial charge in [0.1, 0.15) is 18.4 Å². The van der Waals surface area contributed by atoms with Crippen molar-refractivity contribution in [1.82, 2.24) is 0 Å². The molecule has 43 heavy (non-hydrogen) atoms. The van der Waals surface area contributed by atoms with Crippen LogP contribution in [-0.4, -0.2) is 71.4 Å². The number of esters is 4. The number of thioether (sulfide) groups is 1. The van der Waals surface area contributed by atoms with Crippen molar-refractivity contribution in [3.05, 3.63) is 71.9 Å². The van der Waals surface area contributed by atoms with Crippen LogP contribution in [0.25, 0.3) is 6.08 Å². The van der Waals surface area contributed by atoms with Gasteiger partial charge in [0.05, 0.1) is 5.69 Å². The summed E-state index contributed by atoms with van der Waals surface area (Å²) in [6.07, 6.45) is -3.46. The molecule has 0 aromatic heterocycles. The summed E-state index contributed by atoms with van der Waals surface area (Å²) in [7, 11) is 0. The zero-order chi connectivity index (χ0) is 31.1. The van der Waals surface area contributed by atoms with Crippen LogP contribution < -0.4 is 4.90 Å². The number of hydrogen-bond donors (Lipinski definition) is 0. The minimum Gasteiger partial charge on any atom is -0.463 e. The molecule has 0 spiro atoms. The van der Waals surface area contributed by atoms with E-state index in [4.69, 9.17) is 23.7 Å². The standard InChI is InChI=1S/C30H30N2O10S/c1-17(33)38-16-24-25(39-18(2)34)26(40-19(3)35)27(41-20(4)36)29(42-24)43-30-31-23(15-21-11-7-5-8-12-21)28(37)32(30)22-13-9-6-10-14-22/h5-15,24-27,29H,16H2,1-4H3/b23-15-/t24-,25-,26+,27+,29+/m0/s1. The van der Waals surface area contributed by atoms with E-state index in [-0.39, 0.29) is 17.5 Å². The highest BCUT2D eigenvalue weighted by Crippen LogP contribution is 2.38. The molecule has 13 heteroatoms. The zero-order valence-corrected chi connectivity index (χ0v) is 24.6. The lowest BCUT2D eigenvalue weighted by Gasteiger charge is -2.44. The van der Waals surface area contributed by atoms with Crippen LogP contribution in [0.15, 0.2) is 71.4 Å². The lowest BCUT2D eigenvalue weighted by molar-refractivity contribution is -0.237. The predicted molar refractivity (Wildman–Crippen MR) is 155 cm³/mol. The van der Waals surface area contributed by atoms with Crippen LogP contribution in [0, 0.1) is 0 Å². The molecule has 0 N–H and O–H groups in total. The van der Waals surface area contributed by atoms with Gasteiger partial charge in [-0.15, -0.1) is 0 Å². The molecular formula is C30H30N2O10S. The first-order valence-electron chi connectivity index (χ1n) is 13.3. The minimum absolute atomic E-state index is 0.142. The van der Waals surface area contributed by atoms with Crippen LogP contribution >= 0.6 is 11.8 Å². The Morgan fingerprint density at radius 1 is 0.814 bits per heavy atom. The first-order valence-corrected chi connectivity index (χ1v) is 14.1. The van der Waals surface area contributed by atoms with Gasteiger partial charge in [0, 0.05) is 27.7 Å². The number of benzene rings is 2. The van der Waals surface area contributed by atoms with Crippen molar-refractivity contribution in [2.24, 2.45) is 4.99 Å². The molecule has 2 aromatic rings. The minimum atomic E-state index is -1.35. The van der Waals surface area contributed by atoms with Gasteiger partial charge in [-0.2, -0.15) is 0 Å². The number of para-hydroxylation sites is 1. The number of ether oxygens (including phenoxy) is 5. The van der Waals surface area contributed by atoms with Gasteiger partial charge in [-0.3, -0.25) is 28.9 Å². The van der Waals surface area contributed by atoms with Crippen LogP contribution in [0.3, 0.4) is 0 Å². The van der Waals surface area contributed by atoms with Crippen molar-refractivity contribution >= 4 is 58.5 Å². The SMILES string of the molecule is CC(=O)OC[C@@H]1O[C@H](SC2=N/C(=C\c3ccccc3)C(=O)N2c2ccccc2)[C@H](OC(C)=O)[C@H](OC(C)=O)[C@H]1OC(C)=O. The second-order valence-corrected chi connectivity index (χ2v) is 10.6. The molecule has 0 bridgehead atoms. The van der Waals surface area contributed by atoms with E-state index in [1.807, 2.05) is 30.3 Å². The van der Waals surface area contributed by atoms with Crippen molar-refractivity contribution in [3.8, 4) is 0 Å². The summed E-state index contributed by atoms with van der Waals surface area (Å²) >= 11 is 0.932. The lowest BCUT2D eigenvalue weighted by Crippen LogP contribution is -2.61. The zero-order valence-electron chi connectivity index (χ0n) is 23.8. The van der Waals surface area contributed by atoms with E-state index < -0.39 is 59.6 Å². The molecule has 226 valence electrons. The number of amides is 1. The third-order valence-electron chi connectivity index (χ3n) is 6.12. The average Bonchev–Trinajstić information content (AvgIpc) is 3.25. The van der Waals surface area contributed by atoms with E-state index in [0.29, 0.717) is 5.69 Å². The highest BCUT2D eigenvalue weighted by molar-refractivity contribution is 8.14. The number of nitrogens with zero attached hydrogens (tertiary/aromatic N) is 2. The molecule has 2 aliphatic heterocycles. The van der Waals surface area contributed by atoms with Gasteiger partial charge in [0.15, 0.2) is 28.9 Å². The summed E-state index contributed by atoms with van der Waals surface area (Å²) in [6.45, 7) is 4.27. The maximum atomic E-state index is 13.7. The molecule has 1 fully saturated rings. The smallest absolute Gasteiger partial charge is 0.303 e. The summed E-state index contributed by atoms with van der Waals surface area (Å²) in [5, 5.41) is 0.180. The monoisotopic (exact) mass is 610 g/mol. The molecule has 1 amide bonds. The second-order valence-electron chi connectivity index (χ2n) is 9.50. The first kappa shape index (κ1) is 31.4. The Labute approximate surface area is 252 Å². The van der Waals surface area contributed by atoms with Crippen LogP contribution in [0.2, 0.25) is 0 Å². The lowest BCUT2D eigenvalue weighted by atomic mass is 9.99. The van der Waals surface area contributed by atoms with Crippen molar-refractivity contribution in [1.29, 1.82) is 0 Å². The van der Waals surface area contributed by atoms with Gasteiger partial charge in [-0.25, -0.2) is 4.99 Å². The van der Waals surface area contributed by atoms with Crippen molar-refractivity contribution < 1.29 is 47.7 Å². The Bertz CT molecular complexity index is 1430. The summed E-state index contributed by atoms with van der Waals surface area (Å²) < 4.78 is 27.9. The van der Waals surface area contributed by atoms with Crippen molar-refractivity contribution in [3.63, 3.8) is 0 Å². The normalized spacial score (nSPS) is 24.2. The molecule has 5 atom stereocenters. The van der Waals surface area contributed by atoms with Gasteiger partial charge in [0.25, 0.3) is 5.91 Å². The van der Waals surface area contributed by atoms with Crippen LogP contribution in [-0.2, 0) is 47.7 Å². The van der Waals surface area contributed by atoms with Crippen molar-refractivity contribution in [2.75, 3.05) is 11.5 Å². The van der Waals surface area contributed by atoms with E-state index in [9.17, 15) is 24.0 Å². The number of anilines is 1. The average molecular weight is 611 g/mol. The molecule has 0 saturated carbocycles. The van der Waals surface area contributed by atoms with E-state index in [2.05, 4.69) is 4.99 Å². The first-order chi connectivity index (χ1) is 20.5. The van der Waals surface area contributed by atoms with Crippen LogP contribution in [0.5, 0.6) is 0 Å². The summed E-state index contributed by atoms with van der Waals surface area (Å²) in [6, 6.07) is 17.9. The molecule has 2 aromatic carbocycles. The summed E-state index contributed by atoms with van der Waals surface area (Å²) in [5.74, 6) is -3.25. The number of amidine groups is 1. The van der Waals surface area contributed by atoms with Gasteiger partial charge in [-0.1, -0.05) is 60.3 Å². The van der Waals surface area contributed by atoms with E-state index >= 15 is 0 Å². The molecule has 12 nitrogen and oxygen atoms in total. The van der Waals surface area contributed by atoms with Gasteiger partial charge < -0.3 is 23.7 Å². The quantitative estimate of drug-likeness (QED) is 0.246. The number of rotatable bonds is 8. The largest absolute Gasteiger partial charge is 0.463 e. The van der Waals surface area contributed by atoms with Gasteiger partial charge >= 0.3 is 23.9 Å². The fraction of sp³-hybridized carbons (Fsp3) is 0.333. The van der Waals surface area contributed by atoms with Crippen molar-refractivity contribution in [2.45, 2.75) is 57.5 Å². The molecule has 2 heterocycles.